The first-order chi connectivity index (χ1) is 31.7. The molecule has 13 rings (SSSR count). The van der Waals surface area contributed by atoms with Crippen LogP contribution in [-0.4, -0.2) is 0 Å². The molecule has 2 nitrogen and oxygen atoms in total. The molecule has 298 valence electrons. The Balaban J connectivity index is 1.06. The molecule has 64 heavy (non-hydrogen) atoms. The average molecular weight is 814 g/mol. The van der Waals surface area contributed by atoms with Crippen molar-refractivity contribution in [1.82, 2.24) is 0 Å². The highest BCUT2D eigenvalue weighted by Crippen LogP contribution is 2.48. The lowest BCUT2D eigenvalue weighted by Gasteiger charge is -2.28. The Morgan fingerprint density at radius 2 is 0.922 bits per heavy atom. The first-order valence-electron chi connectivity index (χ1n) is 22.0. The molecule has 0 fully saturated rings. The number of benzene rings is 12. The SMILES string of the molecule is c1ccc(-c2cc(N(c3ccc4c(-c5cc6ccccc6c6ccccc56)cccc4c3)c3cccc4oc5c6ccccc6ccc5c34)ccc2-c2ccc3ccccc3c2)cc1. The van der Waals surface area contributed by atoms with Gasteiger partial charge in [0.25, 0.3) is 0 Å². The van der Waals surface area contributed by atoms with Crippen molar-refractivity contribution in [2.45, 2.75) is 0 Å². The highest BCUT2D eigenvalue weighted by Gasteiger charge is 2.23. The molecule has 13 aromatic rings. The van der Waals surface area contributed by atoms with Gasteiger partial charge in [-0.3, -0.25) is 0 Å². The highest BCUT2D eigenvalue weighted by molar-refractivity contribution is 6.20. The number of nitrogens with zero attached hydrogens (tertiary/aromatic N) is 1. The summed E-state index contributed by atoms with van der Waals surface area (Å²) in [6.45, 7) is 0. The number of furan rings is 1. The van der Waals surface area contributed by atoms with Crippen molar-refractivity contribution in [2.75, 3.05) is 4.90 Å². The molecule has 0 radical (unpaired) electrons. The van der Waals surface area contributed by atoms with Crippen LogP contribution in [-0.2, 0) is 0 Å². The van der Waals surface area contributed by atoms with E-state index in [-0.39, 0.29) is 0 Å². The van der Waals surface area contributed by atoms with Gasteiger partial charge in [0.1, 0.15) is 11.2 Å². The minimum atomic E-state index is 0.858. The van der Waals surface area contributed by atoms with Crippen LogP contribution in [0.5, 0.6) is 0 Å². The van der Waals surface area contributed by atoms with E-state index in [4.69, 9.17) is 4.42 Å². The zero-order valence-corrected chi connectivity index (χ0v) is 34.9. The van der Waals surface area contributed by atoms with Crippen LogP contribution < -0.4 is 4.90 Å². The summed E-state index contributed by atoms with van der Waals surface area (Å²) in [7, 11) is 0. The Kier molecular flexibility index (Phi) is 8.25. The molecule has 0 saturated heterocycles. The summed E-state index contributed by atoms with van der Waals surface area (Å²) >= 11 is 0. The fourth-order valence-corrected chi connectivity index (χ4v) is 10.2. The van der Waals surface area contributed by atoms with Crippen molar-refractivity contribution >= 4 is 92.9 Å². The smallest absolute Gasteiger partial charge is 0.143 e. The minimum absolute atomic E-state index is 0.858. The Bertz CT molecular complexity index is 3970. The third-order valence-electron chi connectivity index (χ3n) is 13.2. The van der Waals surface area contributed by atoms with Crippen molar-refractivity contribution < 1.29 is 4.42 Å². The second kappa shape index (κ2) is 14.6. The van der Waals surface area contributed by atoms with Crippen molar-refractivity contribution in [2.24, 2.45) is 0 Å². The predicted molar refractivity (Wildman–Crippen MR) is 272 cm³/mol. The van der Waals surface area contributed by atoms with Gasteiger partial charge in [-0.1, -0.05) is 182 Å². The fourth-order valence-electron chi connectivity index (χ4n) is 10.2. The Hall–Kier alpha value is -8.46. The molecule has 0 saturated carbocycles. The lowest BCUT2D eigenvalue weighted by molar-refractivity contribution is 0.672. The summed E-state index contributed by atoms with van der Waals surface area (Å²) in [5.74, 6) is 0. The van der Waals surface area contributed by atoms with Crippen LogP contribution in [0.2, 0.25) is 0 Å². The van der Waals surface area contributed by atoms with Gasteiger partial charge >= 0.3 is 0 Å². The maximum Gasteiger partial charge on any atom is 0.143 e. The molecule has 0 spiro atoms. The zero-order valence-electron chi connectivity index (χ0n) is 34.9. The topological polar surface area (TPSA) is 16.4 Å². The van der Waals surface area contributed by atoms with E-state index in [1.807, 2.05) is 0 Å². The number of hydrogen-bond acceptors (Lipinski definition) is 2. The molecule has 1 aromatic heterocycles. The zero-order chi connectivity index (χ0) is 42.1. The van der Waals surface area contributed by atoms with Crippen LogP contribution in [0.15, 0.2) is 241 Å². The Labute approximate surface area is 370 Å². The maximum absolute atomic E-state index is 6.81. The molecule has 12 aromatic carbocycles. The molecule has 0 amide bonds. The summed E-state index contributed by atoms with van der Waals surface area (Å²) in [4.78, 5) is 2.43. The third kappa shape index (κ3) is 5.81. The van der Waals surface area contributed by atoms with Gasteiger partial charge in [0.05, 0.1) is 11.1 Å². The average Bonchev–Trinajstić information content (AvgIpc) is 3.76. The quantitative estimate of drug-likeness (QED) is 0.156. The van der Waals surface area contributed by atoms with Crippen molar-refractivity contribution in [3.05, 3.63) is 237 Å². The van der Waals surface area contributed by atoms with Gasteiger partial charge in [-0.25, -0.2) is 0 Å². The van der Waals surface area contributed by atoms with Gasteiger partial charge in [0, 0.05) is 22.1 Å². The first kappa shape index (κ1) is 36.2. The predicted octanol–water partition coefficient (Wildman–Crippen LogP) is 17.8. The van der Waals surface area contributed by atoms with Crippen molar-refractivity contribution in [1.29, 1.82) is 0 Å². The maximum atomic E-state index is 6.81. The normalized spacial score (nSPS) is 11.8. The first-order valence-corrected chi connectivity index (χ1v) is 22.0. The monoisotopic (exact) mass is 813 g/mol. The van der Waals surface area contributed by atoms with E-state index in [0.29, 0.717) is 0 Å². The van der Waals surface area contributed by atoms with Crippen LogP contribution in [0.1, 0.15) is 0 Å². The third-order valence-corrected chi connectivity index (χ3v) is 13.2. The van der Waals surface area contributed by atoms with Crippen LogP contribution in [0.3, 0.4) is 0 Å². The number of fused-ring (bicyclic) bond motifs is 10. The highest BCUT2D eigenvalue weighted by atomic mass is 16.3. The van der Waals surface area contributed by atoms with Crippen molar-refractivity contribution in [3.63, 3.8) is 0 Å². The number of anilines is 3. The number of rotatable bonds is 6. The summed E-state index contributed by atoms with van der Waals surface area (Å²) in [6, 6.07) is 86.2. The molecule has 0 aliphatic carbocycles. The molecule has 2 heteroatoms. The minimum Gasteiger partial charge on any atom is -0.455 e. The second-order valence-corrected chi connectivity index (χ2v) is 16.8. The van der Waals surface area contributed by atoms with Gasteiger partial charge in [0.15, 0.2) is 0 Å². The molecular weight excluding hydrogens is 775 g/mol. The van der Waals surface area contributed by atoms with E-state index >= 15 is 0 Å². The van der Waals surface area contributed by atoms with Gasteiger partial charge < -0.3 is 9.32 Å². The summed E-state index contributed by atoms with van der Waals surface area (Å²) < 4.78 is 6.81. The van der Waals surface area contributed by atoms with E-state index in [1.165, 1.54) is 70.9 Å². The molecule has 1 heterocycles. The standard InChI is InChI=1S/C62H39NO/c1-2-15-41(16-3-1)57-39-48(32-35-51(57)46-29-28-40-14-4-5-18-43(40)36-46)63(59-26-13-27-60-61(59)56-33-30-42-17-6-9-22-52(42)62(56)64-60)47-31-34-50-44(37-47)20-12-25-54(50)58-38-45-19-7-8-21-49(45)53-23-10-11-24-55(53)58/h1-39H. The lowest BCUT2D eigenvalue weighted by atomic mass is 9.90. The van der Waals surface area contributed by atoms with Crippen molar-refractivity contribution in [3.8, 4) is 33.4 Å². The van der Waals surface area contributed by atoms with Crippen LogP contribution in [0, 0.1) is 0 Å². The summed E-state index contributed by atoms with van der Waals surface area (Å²) in [5, 5.41) is 14.3. The van der Waals surface area contributed by atoms with E-state index < -0.39 is 0 Å². The molecule has 0 N–H and O–H groups in total. The van der Waals surface area contributed by atoms with E-state index in [1.54, 1.807) is 0 Å². The largest absolute Gasteiger partial charge is 0.455 e. The Morgan fingerprint density at radius 3 is 1.80 bits per heavy atom. The molecule has 0 aliphatic heterocycles. The van der Waals surface area contributed by atoms with E-state index in [0.717, 1.165) is 55.3 Å². The van der Waals surface area contributed by atoms with Crippen LogP contribution >= 0.6 is 0 Å². The van der Waals surface area contributed by atoms with Crippen LogP contribution in [0.4, 0.5) is 17.1 Å². The molecular formula is C62H39NO. The molecule has 0 bridgehead atoms. The lowest BCUT2D eigenvalue weighted by Crippen LogP contribution is -2.10. The number of hydrogen-bond donors (Lipinski definition) is 0. The fraction of sp³-hybridized carbons (Fsp3) is 0. The molecule has 0 atom stereocenters. The Morgan fingerprint density at radius 1 is 0.281 bits per heavy atom. The van der Waals surface area contributed by atoms with Crippen LogP contribution in [0.25, 0.3) is 109 Å². The molecule has 0 unspecified atom stereocenters. The molecule has 0 aliphatic rings. The van der Waals surface area contributed by atoms with Gasteiger partial charge in [-0.2, -0.15) is 0 Å². The summed E-state index contributed by atoms with van der Waals surface area (Å²) in [5.41, 5.74) is 12.1. The van der Waals surface area contributed by atoms with Gasteiger partial charge in [-0.15, -0.1) is 0 Å². The van der Waals surface area contributed by atoms with Gasteiger partial charge in [-0.05, 0) is 136 Å². The second-order valence-electron chi connectivity index (χ2n) is 16.8. The summed E-state index contributed by atoms with van der Waals surface area (Å²) in [6.07, 6.45) is 0. The van der Waals surface area contributed by atoms with E-state index in [9.17, 15) is 0 Å². The van der Waals surface area contributed by atoms with E-state index in [2.05, 4.69) is 241 Å². The van der Waals surface area contributed by atoms with Gasteiger partial charge in [0.2, 0.25) is 0 Å².